The summed E-state index contributed by atoms with van der Waals surface area (Å²) in [5.74, 6) is 0.369. The Kier molecular flexibility index (Phi) is 2.70. The van der Waals surface area contributed by atoms with Gasteiger partial charge in [0.05, 0.1) is 6.10 Å². The minimum atomic E-state index is -0.124. The average molecular weight is 241 g/mol. The summed E-state index contributed by atoms with van der Waals surface area (Å²) < 4.78 is 1.10. The molecule has 2 heteroatoms. The molecule has 0 unspecified atom stereocenters. The molecule has 1 aromatic rings. The van der Waals surface area contributed by atoms with Crippen LogP contribution in [0.1, 0.15) is 30.7 Å². The number of benzene rings is 1. The van der Waals surface area contributed by atoms with Gasteiger partial charge in [0.2, 0.25) is 0 Å². The Balaban J connectivity index is 2.20. The number of aliphatic hydroxyl groups excluding tert-OH is 1. The zero-order valence-electron chi connectivity index (χ0n) is 7.41. The lowest BCUT2D eigenvalue weighted by molar-refractivity contribution is 0.164. The number of rotatable bonds is 1. The molecule has 1 aliphatic rings. The van der Waals surface area contributed by atoms with Gasteiger partial charge in [0.15, 0.2) is 0 Å². The quantitative estimate of drug-likeness (QED) is 0.801. The van der Waals surface area contributed by atoms with Crippen LogP contribution in [0.3, 0.4) is 0 Å². The Hall–Kier alpha value is -0.340. The summed E-state index contributed by atoms with van der Waals surface area (Å²) in [4.78, 5) is 0. The number of aliphatic hydroxyl groups is 1. The molecule has 0 saturated heterocycles. The molecule has 0 spiro atoms. The minimum Gasteiger partial charge on any atom is -0.392 e. The molecule has 0 radical (unpaired) electrons. The van der Waals surface area contributed by atoms with Crippen LogP contribution in [-0.4, -0.2) is 11.2 Å². The van der Waals surface area contributed by atoms with Gasteiger partial charge in [-0.15, -0.1) is 0 Å². The van der Waals surface area contributed by atoms with Gasteiger partial charge in [-0.25, -0.2) is 0 Å². The van der Waals surface area contributed by atoms with E-state index in [0.29, 0.717) is 5.92 Å². The van der Waals surface area contributed by atoms with E-state index in [-0.39, 0.29) is 6.10 Å². The lowest BCUT2D eigenvalue weighted by Crippen LogP contribution is -2.10. The maximum atomic E-state index is 9.70. The van der Waals surface area contributed by atoms with Crippen LogP contribution in [0, 0.1) is 0 Å². The Morgan fingerprint density at radius 2 is 1.85 bits per heavy atom. The first-order valence-corrected chi connectivity index (χ1v) is 5.50. The second kappa shape index (κ2) is 3.81. The molecule has 1 saturated carbocycles. The van der Waals surface area contributed by atoms with Crippen molar-refractivity contribution in [1.29, 1.82) is 0 Å². The molecule has 13 heavy (non-hydrogen) atoms. The molecule has 0 aromatic heterocycles. The van der Waals surface area contributed by atoms with Crippen molar-refractivity contribution in [3.63, 3.8) is 0 Å². The molecule has 1 nitrogen and oxygen atoms in total. The first kappa shape index (κ1) is 9.22. The molecule has 1 aliphatic carbocycles. The van der Waals surface area contributed by atoms with Gasteiger partial charge in [0, 0.05) is 10.4 Å². The van der Waals surface area contributed by atoms with E-state index >= 15 is 0 Å². The third-order valence-corrected chi connectivity index (χ3v) is 3.31. The maximum absolute atomic E-state index is 9.70. The molecule has 1 aromatic carbocycles. The van der Waals surface area contributed by atoms with Crippen LogP contribution in [0.5, 0.6) is 0 Å². The van der Waals surface area contributed by atoms with E-state index in [1.165, 1.54) is 5.56 Å². The van der Waals surface area contributed by atoms with Gasteiger partial charge < -0.3 is 5.11 Å². The van der Waals surface area contributed by atoms with Gasteiger partial charge in [-0.05, 0) is 30.5 Å². The van der Waals surface area contributed by atoms with Gasteiger partial charge >= 0.3 is 0 Å². The monoisotopic (exact) mass is 240 g/mol. The minimum absolute atomic E-state index is 0.124. The lowest BCUT2D eigenvalue weighted by Gasteiger charge is -2.14. The van der Waals surface area contributed by atoms with Crippen molar-refractivity contribution in [2.75, 3.05) is 0 Å². The summed E-state index contributed by atoms with van der Waals surface area (Å²) in [6, 6.07) is 8.29. The van der Waals surface area contributed by atoms with E-state index in [9.17, 15) is 5.11 Å². The van der Waals surface area contributed by atoms with Crippen LogP contribution in [-0.2, 0) is 0 Å². The van der Waals surface area contributed by atoms with Crippen LogP contribution in [0.2, 0.25) is 0 Å². The van der Waals surface area contributed by atoms with Crippen molar-refractivity contribution < 1.29 is 5.11 Å². The highest BCUT2D eigenvalue weighted by atomic mass is 79.9. The van der Waals surface area contributed by atoms with E-state index in [1.807, 2.05) is 12.1 Å². The van der Waals surface area contributed by atoms with E-state index in [0.717, 1.165) is 23.7 Å². The van der Waals surface area contributed by atoms with Crippen molar-refractivity contribution in [3.8, 4) is 0 Å². The fourth-order valence-electron chi connectivity index (χ4n) is 2.04. The van der Waals surface area contributed by atoms with Gasteiger partial charge in [-0.2, -0.15) is 0 Å². The van der Waals surface area contributed by atoms with Gasteiger partial charge in [0.25, 0.3) is 0 Å². The van der Waals surface area contributed by atoms with E-state index in [4.69, 9.17) is 0 Å². The molecule has 2 rings (SSSR count). The summed E-state index contributed by atoms with van der Waals surface area (Å²) in [5, 5.41) is 9.70. The highest BCUT2D eigenvalue weighted by Gasteiger charge is 2.26. The summed E-state index contributed by atoms with van der Waals surface area (Å²) in [5.41, 5.74) is 1.27. The molecular formula is C11H13BrO. The molecule has 0 aliphatic heterocycles. The Morgan fingerprint density at radius 3 is 2.38 bits per heavy atom. The van der Waals surface area contributed by atoms with Crippen LogP contribution in [0.25, 0.3) is 0 Å². The zero-order valence-corrected chi connectivity index (χ0v) is 9.00. The van der Waals surface area contributed by atoms with Gasteiger partial charge in [0.1, 0.15) is 0 Å². The van der Waals surface area contributed by atoms with E-state index in [2.05, 4.69) is 28.1 Å². The van der Waals surface area contributed by atoms with Crippen molar-refractivity contribution in [2.24, 2.45) is 0 Å². The van der Waals surface area contributed by atoms with Crippen LogP contribution >= 0.6 is 15.9 Å². The summed E-state index contributed by atoms with van der Waals surface area (Å²) in [7, 11) is 0. The molecule has 2 atom stereocenters. The third kappa shape index (κ3) is 1.94. The number of halogens is 1. The van der Waals surface area contributed by atoms with Crippen LogP contribution in [0.15, 0.2) is 28.7 Å². The molecule has 1 fully saturated rings. The van der Waals surface area contributed by atoms with Gasteiger partial charge in [-0.3, -0.25) is 0 Å². The fraction of sp³-hybridized carbons (Fsp3) is 0.455. The smallest absolute Gasteiger partial charge is 0.0608 e. The van der Waals surface area contributed by atoms with Crippen LogP contribution < -0.4 is 0 Å². The highest BCUT2D eigenvalue weighted by Crippen LogP contribution is 2.34. The number of hydrogen-bond donors (Lipinski definition) is 1. The predicted molar refractivity (Wildman–Crippen MR) is 56.7 cm³/mol. The Labute approximate surface area is 86.9 Å². The molecule has 70 valence electrons. The predicted octanol–water partition coefficient (Wildman–Crippen LogP) is 3.08. The molecule has 1 N–H and O–H groups in total. The van der Waals surface area contributed by atoms with Crippen molar-refractivity contribution >= 4 is 15.9 Å². The third-order valence-electron chi connectivity index (χ3n) is 2.78. The first-order chi connectivity index (χ1) is 6.27. The molecule has 0 bridgehead atoms. The normalized spacial score (nSPS) is 27.8. The SMILES string of the molecule is O[C@H]1CCC[C@@H]1c1ccc(Br)cc1. The maximum Gasteiger partial charge on any atom is 0.0608 e. The van der Waals surface area contributed by atoms with E-state index < -0.39 is 0 Å². The molecule has 0 amide bonds. The average Bonchev–Trinajstić information content (AvgIpc) is 2.53. The van der Waals surface area contributed by atoms with Crippen molar-refractivity contribution in [1.82, 2.24) is 0 Å². The van der Waals surface area contributed by atoms with E-state index in [1.54, 1.807) is 0 Å². The molecular weight excluding hydrogens is 228 g/mol. The summed E-state index contributed by atoms with van der Waals surface area (Å²) in [6.45, 7) is 0. The summed E-state index contributed by atoms with van der Waals surface area (Å²) in [6.07, 6.45) is 3.12. The Bertz CT molecular complexity index is 281. The largest absolute Gasteiger partial charge is 0.392 e. The van der Waals surface area contributed by atoms with Crippen LogP contribution in [0.4, 0.5) is 0 Å². The van der Waals surface area contributed by atoms with Crippen molar-refractivity contribution in [2.45, 2.75) is 31.3 Å². The van der Waals surface area contributed by atoms with Crippen molar-refractivity contribution in [3.05, 3.63) is 34.3 Å². The second-order valence-corrected chi connectivity index (χ2v) is 4.57. The van der Waals surface area contributed by atoms with Gasteiger partial charge in [-0.1, -0.05) is 34.5 Å². The standard InChI is InChI=1S/C11H13BrO/c12-9-6-4-8(5-7-9)10-2-1-3-11(10)13/h4-7,10-11,13H,1-3H2/t10-,11+/m1/s1. The lowest BCUT2D eigenvalue weighted by atomic mass is 9.96. The fourth-order valence-corrected chi connectivity index (χ4v) is 2.30. The Morgan fingerprint density at radius 1 is 1.15 bits per heavy atom. The first-order valence-electron chi connectivity index (χ1n) is 4.71. The second-order valence-electron chi connectivity index (χ2n) is 3.66. The zero-order chi connectivity index (χ0) is 9.26. The molecule has 0 heterocycles. The topological polar surface area (TPSA) is 20.2 Å². The summed E-state index contributed by atoms with van der Waals surface area (Å²) >= 11 is 3.41. The highest BCUT2D eigenvalue weighted by molar-refractivity contribution is 9.10. The number of hydrogen-bond acceptors (Lipinski definition) is 1.